The van der Waals surface area contributed by atoms with Crippen molar-refractivity contribution < 1.29 is 13.9 Å². The number of ether oxygens (including phenoxy) is 1. The van der Waals surface area contributed by atoms with Gasteiger partial charge < -0.3 is 19.8 Å². The number of hydrogen-bond donors (Lipinski definition) is 1. The molecule has 5 heteroatoms. The number of hydrogen-bond acceptors (Lipinski definition) is 4. The van der Waals surface area contributed by atoms with E-state index in [1.54, 1.807) is 25.3 Å². The molecule has 1 aliphatic heterocycles. The summed E-state index contributed by atoms with van der Waals surface area (Å²) in [7, 11) is 1.59. The van der Waals surface area contributed by atoms with Crippen LogP contribution < -0.4 is 10.5 Å². The number of nitrogens with zero attached hydrogens (tertiary/aromatic N) is 1. The molecular weight excluding hydrogens is 292 g/mol. The summed E-state index contributed by atoms with van der Waals surface area (Å²) in [6, 6.07) is 8.91. The topological polar surface area (TPSA) is 68.7 Å². The van der Waals surface area contributed by atoms with Crippen molar-refractivity contribution in [1.29, 1.82) is 0 Å². The first kappa shape index (κ1) is 15.5. The molecule has 1 amide bonds. The number of amides is 1. The van der Waals surface area contributed by atoms with Gasteiger partial charge in [0.25, 0.3) is 5.91 Å². The molecule has 23 heavy (non-hydrogen) atoms. The minimum atomic E-state index is -0.0464. The Balaban J connectivity index is 1.81. The number of carbonyl (C=O) groups excluding carboxylic acids is 1. The van der Waals surface area contributed by atoms with Gasteiger partial charge in [-0.05, 0) is 43.0 Å². The standard InChI is InChI=1S/C18H22N2O3/c1-12-4-3-9-20(11-12)18(21)17-8-7-16(23-17)14-6-5-13(22-2)10-15(14)19/h5-8,10,12H,3-4,9,11,19H2,1-2H3. The molecule has 1 aliphatic rings. The van der Waals surface area contributed by atoms with Gasteiger partial charge in [-0.25, -0.2) is 0 Å². The third-order valence-electron chi connectivity index (χ3n) is 4.29. The fourth-order valence-corrected chi connectivity index (χ4v) is 3.02. The highest BCUT2D eigenvalue weighted by atomic mass is 16.5. The Hall–Kier alpha value is -2.43. The zero-order valence-corrected chi connectivity index (χ0v) is 13.5. The highest BCUT2D eigenvalue weighted by molar-refractivity contribution is 5.92. The van der Waals surface area contributed by atoms with Gasteiger partial charge in [0.1, 0.15) is 11.5 Å². The predicted octanol–water partition coefficient (Wildman–Crippen LogP) is 3.41. The van der Waals surface area contributed by atoms with Crippen LogP contribution in [0.3, 0.4) is 0 Å². The fourth-order valence-electron chi connectivity index (χ4n) is 3.02. The third kappa shape index (κ3) is 3.18. The average Bonchev–Trinajstić information content (AvgIpc) is 3.03. The molecule has 5 nitrogen and oxygen atoms in total. The Morgan fingerprint density at radius 2 is 2.17 bits per heavy atom. The Morgan fingerprint density at radius 3 is 2.87 bits per heavy atom. The lowest BCUT2D eigenvalue weighted by molar-refractivity contribution is 0.0652. The first-order valence-electron chi connectivity index (χ1n) is 7.91. The number of nitrogens with two attached hydrogens (primary N) is 1. The van der Waals surface area contributed by atoms with Gasteiger partial charge in [-0.3, -0.25) is 4.79 Å². The van der Waals surface area contributed by atoms with Crippen molar-refractivity contribution in [3.05, 3.63) is 36.1 Å². The molecule has 0 bridgehead atoms. The zero-order chi connectivity index (χ0) is 16.4. The molecule has 1 fully saturated rings. The van der Waals surface area contributed by atoms with Crippen molar-refractivity contribution in [3.63, 3.8) is 0 Å². The molecule has 2 heterocycles. The van der Waals surface area contributed by atoms with Crippen LogP contribution in [-0.2, 0) is 0 Å². The average molecular weight is 314 g/mol. The number of likely N-dealkylation sites (tertiary alicyclic amines) is 1. The van der Waals surface area contributed by atoms with Crippen molar-refractivity contribution in [1.82, 2.24) is 4.90 Å². The molecule has 1 aromatic carbocycles. The molecule has 0 saturated carbocycles. The number of methoxy groups -OCH3 is 1. The first-order chi connectivity index (χ1) is 11.1. The van der Waals surface area contributed by atoms with Crippen molar-refractivity contribution in [3.8, 4) is 17.1 Å². The van der Waals surface area contributed by atoms with E-state index in [2.05, 4.69) is 6.92 Å². The Kier molecular flexibility index (Phi) is 4.28. The van der Waals surface area contributed by atoms with Crippen LogP contribution in [0.2, 0.25) is 0 Å². The van der Waals surface area contributed by atoms with E-state index in [4.69, 9.17) is 14.9 Å². The third-order valence-corrected chi connectivity index (χ3v) is 4.29. The van der Waals surface area contributed by atoms with E-state index in [9.17, 15) is 4.79 Å². The van der Waals surface area contributed by atoms with Crippen LogP contribution in [0.15, 0.2) is 34.7 Å². The van der Waals surface area contributed by atoms with Crippen molar-refractivity contribution in [2.24, 2.45) is 5.92 Å². The number of benzene rings is 1. The summed E-state index contributed by atoms with van der Waals surface area (Å²) < 4.78 is 10.9. The molecule has 1 unspecified atom stereocenters. The van der Waals surface area contributed by atoms with Gasteiger partial charge >= 0.3 is 0 Å². The number of carbonyl (C=O) groups is 1. The highest BCUT2D eigenvalue weighted by Crippen LogP contribution is 2.31. The van der Waals surface area contributed by atoms with E-state index >= 15 is 0 Å². The Morgan fingerprint density at radius 1 is 1.35 bits per heavy atom. The SMILES string of the molecule is COc1ccc(-c2ccc(C(=O)N3CCCC(C)C3)o2)c(N)c1. The number of rotatable bonds is 3. The summed E-state index contributed by atoms with van der Waals surface area (Å²) in [5.74, 6) is 2.15. The quantitative estimate of drug-likeness (QED) is 0.882. The summed E-state index contributed by atoms with van der Waals surface area (Å²) in [5.41, 5.74) is 7.36. The van der Waals surface area contributed by atoms with Crippen LogP contribution in [0.1, 0.15) is 30.3 Å². The van der Waals surface area contributed by atoms with Crippen LogP contribution in [0, 0.1) is 5.92 Å². The molecule has 3 rings (SSSR count). The molecule has 0 aliphatic carbocycles. The van der Waals surface area contributed by atoms with E-state index in [1.807, 2.05) is 17.0 Å². The van der Waals surface area contributed by atoms with Crippen molar-refractivity contribution >= 4 is 11.6 Å². The Labute approximate surface area is 136 Å². The number of anilines is 1. The van der Waals surface area contributed by atoms with Gasteiger partial charge in [0.2, 0.25) is 0 Å². The van der Waals surface area contributed by atoms with E-state index < -0.39 is 0 Å². The van der Waals surface area contributed by atoms with Crippen LogP contribution in [0.4, 0.5) is 5.69 Å². The van der Waals surface area contributed by atoms with Crippen LogP contribution >= 0.6 is 0 Å². The lowest BCUT2D eigenvalue weighted by Gasteiger charge is -2.30. The highest BCUT2D eigenvalue weighted by Gasteiger charge is 2.24. The Bertz CT molecular complexity index is 708. The van der Waals surface area contributed by atoms with Crippen molar-refractivity contribution in [2.75, 3.05) is 25.9 Å². The van der Waals surface area contributed by atoms with Gasteiger partial charge in [0, 0.05) is 30.4 Å². The minimum Gasteiger partial charge on any atom is -0.497 e. The number of furan rings is 1. The molecule has 0 radical (unpaired) electrons. The van der Waals surface area contributed by atoms with E-state index in [0.717, 1.165) is 25.1 Å². The molecular formula is C18H22N2O3. The van der Waals surface area contributed by atoms with Gasteiger partial charge in [-0.1, -0.05) is 6.92 Å². The summed E-state index contributed by atoms with van der Waals surface area (Å²) in [6.45, 7) is 3.76. The largest absolute Gasteiger partial charge is 0.497 e. The maximum atomic E-state index is 12.6. The smallest absolute Gasteiger partial charge is 0.289 e. The van der Waals surface area contributed by atoms with Gasteiger partial charge in [0.15, 0.2) is 5.76 Å². The second kappa shape index (κ2) is 6.36. The van der Waals surface area contributed by atoms with Gasteiger partial charge in [-0.15, -0.1) is 0 Å². The lowest BCUT2D eigenvalue weighted by atomic mass is 10.0. The van der Waals surface area contributed by atoms with Crippen molar-refractivity contribution in [2.45, 2.75) is 19.8 Å². The molecule has 1 aromatic heterocycles. The summed E-state index contributed by atoms with van der Waals surface area (Å²) >= 11 is 0. The summed E-state index contributed by atoms with van der Waals surface area (Å²) in [5, 5.41) is 0. The van der Waals surface area contributed by atoms with Crippen LogP contribution in [0.25, 0.3) is 11.3 Å². The summed E-state index contributed by atoms with van der Waals surface area (Å²) in [6.07, 6.45) is 2.22. The maximum Gasteiger partial charge on any atom is 0.289 e. The minimum absolute atomic E-state index is 0.0464. The predicted molar refractivity (Wildman–Crippen MR) is 89.4 cm³/mol. The van der Waals surface area contributed by atoms with Gasteiger partial charge in [-0.2, -0.15) is 0 Å². The van der Waals surface area contributed by atoms with Crippen LogP contribution in [-0.4, -0.2) is 31.0 Å². The second-order valence-corrected chi connectivity index (χ2v) is 6.12. The molecule has 0 spiro atoms. The van der Waals surface area contributed by atoms with Gasteiger partial charge in [0.05, 0.1) is 7.11 Å². The normalized spacial score (nSPS) is 18.0. The second-order valence-electron chi connectivity index (χ2n) is 6.12. The monoisotopic (exact) mass is 314 g/mol. The summed E-state index contributed by atoms with van der Waals surface area (Å²) in [4.78, 5) is 14.4. The van der Waals surface area contributed by atoms with Crippen LogP contribution in [0.5, 0.6) is 5.75 Å². The maximum absolute atomic E-state index is 12.6. The fraction of sp³-hybridized carbons (Fsp3) is 0.389. The molecule has 122 valence electrons. The number of nitrogen functional groups attached to an aromatic ring is 1. The zero-order valence-electron chi connectivity index (χ0n) is 13.5. The van der Waals surface area contributed by atoms with E-state index in [0.29, 0.717) is 28.9 Å². The molecule has 2 aromatic rings. The molecule has 1 atom stereocenters. The molecule has 2 N–H and O–H groups in total. The molecule has 1 saturated heterocycles. The van der Waals surface area contributed by atoms with E-state index in [-0.39, 0.29) is 5.91 Å². The lowest BCUT2D eigenvalue weighted by Crippen LogP contribution is -2.38. The first-order valence-corrected chi connectivity index (χ1v) is 7.91. The number of piperidine rings is 1. The van der Waals surface area contributed by atoms with E-state index in [1.165, 1.54) is 6.42 Å².